The van der Waals surface area contributed by atoms with Crippen molar-refractivity contribution in [2.24, 2.45) is 0 Å². The molecule has 3 nitrogen and oxygen atoms in total. The first kappa shape index (κ1) is 15.9. The second-order valence-electron chi connectivity index (χ2n) is 4.72. The van der Waals surface area contributed by atoms with Gasteiger partial charge in [0.15, 0.2) is 0 Å². The van der Waals surface area contributed by atoms with E-state index in [1.807, 2.05) is 56.5 Å². The van der Waals surface area contributed by atoms with Gasteiger partial charge in [-0.25, -0.2) is 4.79 Å². The number of benzene rings is 2. The van der Waals surface area contributed by atoms with Gasteiger partial charge in [0.1, 0.15) is 0 Å². The zero-order valence-corrected chi connectivity index (χ0v) is 14.6. The predicted molar refractivity (Wildman–Crippen MR) is 94.5 cm³/mol. The molecule has 0 aliphatic heterocycles. The van der Waals surface area contributed by atoms with Gasteiger partial charge < -0.3 is 10.6 Å². The van der Waals surface area contributed by atoms with Crippen molar-refractivity contribution in [3.8, 4) is 0 Å². The molecule has 0 saturated heterocycles. The number of carbonyl (C=O) groups excluding carboxylic acids is 1. The minimum absolute atomic E-state index is 0.236. The van der Waals surface area contributed by atoms with Crippen LogP contribution in [0.1, 0.15) is 11.1 Å². The molecule has 5 heteroatoms. The van der Waals surface area contributed by atoms with Gasteiger partial charge in [-0.3, -0.25) is 0 Å². The molecule has 0 unspecified atom stereocenters. The number of amides is 2. The highest BCUT2D eigenvalue weighted by Gasteiger charge is 2.08. The van der Waals surface area contributed by atoms with Crippen molar-refractivity contribution in [1.82, 2.24) is 0 Å². The smallest absolute Gasteiger partial charge is 0.308 e. The van der Waals surface area contributed by atoms with E-state index in [9.17, 15) is 4.79 Å². The highest BCUT2D eigenvalue weighted by atomic mass is 79.9. The molecule has 0 aliphatic rings. The number of aryl methyl sites for hydroxylation is 2. The van der Waals surface area contributed by atoms with Crippen molar-refractivity contribution in [1.29, 1.82) is 0 Å². The fraction of sp³-hybridized carbons (Fsp3) is 0.188. The molecule has 0 radical (unpaired) electrons. The van der Waals surface area contributed by atoms with Gasteiger partial charge in [-0.1, -0.05) is 15.9 Å². The third kappa shape index (κ3) is 4.25. The highest BCUT2D eigenvalue weighted by molar-refractivity contribution is 9.10. The lowest BCUT2D eigenvalue weighted by molar-refractivity contribution is 0.262. The van der Waals surface area contributed by atoms with Crippen molar-refractivity contribution in [3.63, 3.8) is 0 Å². The lowest BCUT2D eigenvalue weighted by Gasteiger charge is -2.13. The molecule has 21 heavy (non-hydrogen) atoms. The normalized spacial score (nSPS) is 10.3. The topological polar surface area (TPSA) is 41.1 Å². The molecule has 2 N–H and O–H groups in total. The first-order valence-corrected chi connectivity index (χ1v) is 8.50. The SMILES string of the molecule is CSc1ccc(NC(=O)Nc2c(C)cc(Br)cc2C)cc1. The highest BCUT2D eigenvalue weighted by Crippen LogP contribution is 2.25. The summed E-state index contributed by atoms with van der Waals surface area (Å²) < 4.78 is 1.01. The Labute approximate surface area is 137 Å². The van der Waals surface area contributed by atoms with Gasteiger partial charge in [-0.05, 0) is 67.6 Å². The Morgan fingerprint density at radius 3 is 2.14 bits per heavy atom. The molecular weight excluding hydrogens is 348 g/mol. The van der Waals surface area contributed by atoms with Gasteiger partial charge in [0.2, 0.25) is 0 Å². The molecule has 2 aromatic carbocycles. The molecule has 0 atom stereocenters. The summed E-state index contributed by atoms with van der Waals surface area (Å²) in [6.07, 6.45) is 2.02. The summed E-state index contributed by atoms with van der Waals surface area (Å²) in [5, 5.41) is 5.75. The van der Waals surface area contributed by atoms with Gasteiger partial charge in [0.25, 0.3) is 0 Å². The van der Waals surface area contributed by atoms with E-state index in [-0.39, 0.29) is 6.03 Å². The van der Waals surface area contributed by atoms with E-state index < -0.39 is 0 Å². The average molecular weight is 365 g/mol. The van der Waals surface area contributed by atoms with Crippen LogP contribution in [0.5, 0.6) is 0 Å². The van der Waals surface area contributed by atoms with Crippen molar-refractivity contribution in [2.45, 2.75) is 18.7 Å². The number of carbonyl (C=O) groups is 1. The van der Waals surface area contributed by atoms with Crippen LogP contribution in [-0.2, 0) is 0 Å². The third-order valence-corrected chi connectivity index (χ3v) is 4.29. The second kappa shape index (κ2) is 7.00. The summed E-state index contributed by atoms with van der Waals surface area (Å²) >= 11 is 5.12. The first-order chi connectivity index (χ1) is 9.99. The minimum atomic E-state index is -0.236. The maximum Gasteiger partial charge on any atom is 0.323 e. The Morgan fingerprint density at radius 2 is 1.62 bits per heavy atom. The first-order valence-electron chi connectivity index (χ1n) is 6.48. The van der Waals surface area contributed by atoms with Crippen LogP contribution in [0.2, 0.25) is 0 Å². The van der Waals surface area contributed by atoms with Crippen LogP contribution in [0.25, 0.3) is 0 Å². The quantitative estimate of drug-likeness (QED) is 0.712. The van der Waals surface area contributed by atoms with E-state index >= 15 is 0 Å². The van der Waals surface area contributed by atoms with Gasteiger partial charge >= 0.3 is 6.03 Å². The number of rotatable bonds is 3. The van der Waals surface area contributed by atoms with E-state index in [2.05, 4.69) is 26.6 Å². The van der Waals surface area contributed by atoms with Gasteiger partial charge in [-0.2, -0.15) is 0 Å². The zero-order chi connectivity index (χ0) is 15.4. The molecule has 0 spiro atoms. The molecule has 110 valence electrons. The molecule has 0 fully saturated rings. The number of hydrogen-bond acceptors (Lipinski definition) is 2. The van der Waals surface area contributed by atoms with Crippen LogP contribution < -0.4 is 10.6 Å². The van der Waals surface area contributed by atoms with E-state index in [0.717, 1.165) is 27.0 Å². The number of nitrogens with one attached hydrogen (secondary N) is 2. The number of anilines is 2. The Bertz CT molecular complexity index is 633. The van der Waals surface area contributed by atoms with Crippen LogP contribution in [0, 0.1) is 13.8 Å². The van der Waals surface area contributed by atoms with Crippen molar-refractivity contribution >= 4 is 45.1 Å². The summed E-state index contributed by atoms with van der Waals surface area (Å²) in [6, 6.07) is 11.5. The number of halogens is 1. The predicted octanol–water partition coefficient (Wildman–Crippen LogP) is 5.43. The molecule has 2 rings (SSSR count). The van der Waals surface area contributed by atoms with E-state index in [1.165, 1.54) is 4.90 Å². The summed E-state index contributed by atoms with van der Waals surface area (Å²) in [6.45, 7) is 3.95. The van der Waals surface area contributed by atoms with Gasteiger partial charge in [0.05, 0.1) is 0 Å². The summed E-state index contributed by atoms with van der Waals surface area (Å²) in [5.74, 6) is 0. The molecule has 0 bridgehead atoms. The molecular formula is C16H17BrN2OS. The van der Waals surface area contributed by atoms with Crippen LogP contribution in [0.3, 0.4) is 0 Å². The molecule has 0 aliphatic carbocycles. The van der Waals surface area contributed by atoms with Gasteiger partial charge in [-0.15, -0.1) is 11.8 Å². The Kier molecular flexibility index (Phi) is 5.31. The molecule has 0 saturated carbocycles. The average Bonchev–Trinajstić information content (AvgIpc) is 2.43. The number of hydrogen-bond donors (Lipinski definition) is 2. The third-order valence-electron chi connectivity index (χ3n) is 3.08. The molecule has 0 heterocycles. The van der Waals surface area contributed by atoms with Crippen LogP contribution in [-0.4, -0.2) is 12.3 Å². The van der Waals surface area contributed by atoms with Crippen LogP contribution in [0.15, 0.2) is 45.8 Å². The van der Waals surface area contributed by atoms with Crippen molar-refractivity contribution in [2.75, 3.05) is 16.9 Å². The fourth-order valence-corrected chi connectivity index (χ4v) is 3.15. The van der Waals surface area contributed by atoms with Crippen molar-refractivity contribution in [3.05, 3.63) is 52.0 Å². The van der Waals surface area contributed by atoms with Crippen LogP contribution in [0.4, 0.5) is 16.2 Å². The molecule has 0 aromatic heterocycles. The monoisotopic (exact) mass is 364 g/mol. The van der Waals surface area contributed by atoms with E-state index in [1.54, 1.807) is 11.8 Å². The Hall–Kier alpha value is -1.46. The molecule has 2 amide bonds. The minimum Gasteiger partial charge on any atom is -0.308 e. The second-order valence-corrected chi connectivity index (χ2v) is 6.52. The van der Waals surface area contributed by atoms with E-state index in [4.69, 9.17) is 0 Å². The Balaban J connectivity index is 2.08. The molecule has 2 aromatic rings. The summed E-state index contributed by atoms with van der Waals surface area (Å²) in [4.78, 5) is 13.3. The van der Waals surface area contributed by atoms with Crippen molar-refractivity contribution < 1.29 is 4.79 Å². The zero-order valence-electron chi connectivity index (χ0n) is 12.2. The number of urea groups is 1. The lowest BCUT2D eigenvalue weighted by atomic mass is 10.1. The maximum absolute atomic E-state index is 12.1. The number of thioether (sulfide) groups is 1. The van der Waals surface area contributed by atoms with Gasteiger partial charge in [0, 0.05) is 20.7 Å². The summed E-state index contributed by atoms with van der Waals surface area (Å²) in [7, 11) is 0. The maximum atomic E-state index is 12.1. The van der Waals surface area contributed by atoms with E-state index in [0.29, 0.717) is 0 Å². The standard InChI is InChI=1S/C16H17BrN2OS/c1-10-8-12(17)9-11(2)15(10)19-16(20)18-13-4-6-14(21-3)7-5-13/h4-9H,1-3H3,(H2,18,19,20). The summed E-state index contributed by atoms with van der Waals surface area (Å²) in [5.41, 5.74) is 3.67. The Morgan fingerprint density at radius 1 is 1.05 bits per heavy atom. The largest absolute Gasteiger partial charge is 0.323 e. The fourth-order valence-electron chi connectivity index (χ4n) is 2.06. The lowest BCUT2D eigenvalue weighted by Crippen LogP contribution is -2.20. The van der Waals surface area contributed by atoms with Crippen LogP contribution >= 0.6 is 27.7 Å².